The van der Waals surface area contributed by atoms with Gasteiger partial charge in [0.05, 0.1) is 10.6 Å². The third kappa shape index (κ3) is 4.04. The van der Waals surface area contributed by atoms with Crippen LogP contribution in [0.1, 0.15) is 15.2 Å². The first-order chi connectivity index (χ1) is 13.2. The van der Waals surface area contributed by atoms with Gasteiger partial charge in [0.15, 0.2) is 0 Å². The molecule has 0 atom stereocenters. The molecule has 3 rings (SSSR count). The van der Waals surface area contributed by atoms with Gasteiger partial charge in [-0.2, -0.15) is 0 Å². The number of nitrogens with one attached hydrogen (secondary N) is 1. The number of amides is 1. The molecule has 0 aliphatic rings. The van der Waals surface area contributed by atoms with Gasteiger partial charge in [-0.25, -0.2) is 12.8 Å². The summed E-state index contributed by atoms with van der Waals surface area (Å²) in [5.74, 6) is -0.960. The Balaban J connectivity index is 1.88. The summed E-state index contributed by atoms with van der Waals surface area (Å²) in [5, 5.41) is 4.64. The van der Waals surface area contributed by atoms with Crippen molar-refractivity contribution in [3.63, 3.8) is 0 Å². The van der Waals surface area contributed by atoms with Crippen LogP contribution < -0.4 is 9.62 Å². The molecular formula is C19H16ClFN2O3S2. The second-order valence-electron chi connectivity index (χ2n) is 5.98. The molecule has 0 aliphatic heterocycles. The first kappa shape index (κ1) is 20.3. The van der Waals surface area contributed by atoms with Crippen LogP contribution in [-0.4, -0.2) is 21.4 Å². The highest BCUT2D eigenvalue weighted by Gasteiger charge is 2.26. The Kier molecular flexibility index (Phi) is 5.74. The number of aryl methyl sites for hydroxylation is 1. The van der Waals surface area contributed by atoms with E-state index in [2.05, 4.69) is 5.32 Å². The van der Waals surface area contributed by atoms with E-state index < -0.39 is 21.7 Å². The molecular weight excluding hydrogens is 423 g/mol. The number of halogens is 2. The van der Waals surface area contributed by atoms with Crippen molar-refractivity contribution in [3.8, 4) is 0 Å². The van der Waals surface area contributed by atoms with Crippen molar-refractivity contribution in [3.05, 3.63) is 75.2 Å². The molecule has 0 bridgehead atoms. The summed E-state index contributed by atoms with van der Waals surface area (Å²) in [5.41, 5.74) is 0.976. The molecule has 0 fully saturated rings. The van der Waals surface area contributed by atoms with E-state index >= 15 is 0 Å². The summed E-state index contributed by atoms with van der Waals surface area (Å²) < 4.78 is 40.5. The third-order valence-electron chi connectivity index (χ3n) is 4.09. The summed E-state index contributed by atoms with van der Waals surface area (Å²) in [4.78, 5) is 12.9. The normalized spacial score (nSPS) is 11.3. The number of nitrogens with zero attached hydrogens (tertiary/aromatic N) is 1. The Hall–Kier alpha value is -2.42. The smallest absolute Gasteiger partial charge is 0.267 e. The van der Waals surface area contributed by atoms with Gasteiger partial charge in [-0.05, 0) is 60.3 Å². The highest BCUT2D eigenvalue weighted by molar-refractivity contribution is 7.92. The zero-order valence-electron chi connectivity index (χ0n) is 14.9. The number of hydrogen-bond acceptors (Lipinski definition) is 4. The number of sulfonamides is 1. The molecule has 0 spiro atoms. The summed E-state index contributed by atoms with van der Waals surface area (Å²) in [7, 11) is -2.51. The van der Waals surface area contributed by atoms with Crippen molar-refractivity contribution in [2.45, 2.75) is 11.8 Å². The first-order valence-electron chi connectivity index (χ1n) is 8.09. The Labute approximate surface area is 171 Å². The molecule has 0 saturated carbocycles. The van der Waals surface area contributed by atoms with Gasteiger partial charge in [0.25, 0.3) is 15.9 Å². The fourth-order valence-electron chi connectivity index (χ4n) is 2.47. The van der Waals surface area contributed by atoms with Crippen molar-refractivity contribution < 1.29 is 17.6 Å². The highest BCUT2D eigenvalue weighted by Crippen LogP contribution is 2.31. The summed E-state index contributed by atoms with van der Waals surface area (Å²) >= 11 is 6.91. The standard InChI is InChI=1S/C19H16ClFN2O3S2/c1-12-3-6-14(11-16(12)21)22-19(24)18-17(9-10-27-18)23(2)28(25,26)15-7-4-13(20)5-8-15/h3-11H,1-2H3,(H,22,24). The van der Waals surface area contributed by atoms with Crippen LogP contribution in [0, 0.1) is 12.7 Å². The fourth-order valence-corrected chi connectivity index (χ4v) is 4.68. The molecule has 3 aromatic rings. The summed E-state index contributed by atoms with van der Waals surface area (Å²) in [6, 6.07) is 11.7. The number of benzene rings is 2. The van der Waals surface area contributed by atoms with Crippen LogP contribution >= 0.6 is 22.9 Å². The second kappa shape index (κ2) is 7.90. The predicted octanol–water partition coefficient (Wildman–Crippen LogP) is 4.93. The van der Waals surface area contributed by atoms with Crippen molar-refractivity contribution in [2.75, 3.05) is 16.7 Å². The molecule has 28 heavy (non-hydrogen) atoms. The van der Waals surface area contributed by atoms with E-state index in [4.69, 9.17) is 11.6 Å². The van der Waals surface area contributed by atoms with Gasteiger partial charge in [-0.15, -0.1) is 11.3 Å². The van der Waals surface area contributed by atoms with Gasteiger partial charge in [-0.3, -0.25) is 9.10 Å². The summed E-state index contributed by atoms with van der Waals surface area (Å²) in [6.07, 6.45) is 0. The Morgan fingerprint density at radius 3 is 2.46 bits per heavy atom. The molecule has 5 nitrogen and oxygen atoms in total. The Bertz CT molecular complexity index is 1130. The van der Waals surface area contributed by atoms with E-state index in [0.29, 0.717) is 10.6 Å². The maximum atomic E-state index is 13.7. The molecule has 0 unspecified atom stereocenters. The lowest BCUT2D eigenvalue weighted by Gasteiger charge is -2.20. The third-order valence-corrected chi connectivity index (χ3v) is 7.03. The average molecular weight is 439 g/mol. The number of thiophene rings is 1. The van der Waals surface area contributed by atoms with Gasteiger partial charge < -0.3 is 5.32 Å². The Morgan fingerprint density at radius 1 is 1.14 bits per heavy atom. The van der Waals surface area contributed by atoms with Crippen LogP contribution in [0.15, 0.2) is 58.8 Å². The van der Waals surface area contributed by atoms with Crippen LogP contribution in [0.5, 0.6) is 0 Å². The van der Waals surface area contributed by atoms with Crippen molar-refractivity contribution in [1.82, 2.24) is 0 Å². The van der Waals surface area contributed by atoms with E-state index in [1.807, 2.05) is 0 Å². The fraction of sp³-hybridized carbons (Fsp3) is 0.105. The van der Waals surface area contributed by atoms with Crippen LogP contribution in [0.4, 0.5) is 15.8 Å². The topological polar surface area (TPSA) is 66.5 Å². The quantitative estimate of drug-likeness (QED) is 0.614. The van der Waals surface area contributed by atoms with Crippen LogP contribution in [0.2, 0.25) is 5.02 Å². The molecule has 0 radical (unpaired) electrons. The van der Waals surface area contributed by atoms with Crippen molar-refractivity contribution in [2.24, 2.45) is 0 Å². The minimum atomic E-state index is -3.88. The lowest BCUT2D eigenvalue weighted by molar-refractivity contribution is 0.103. The van der Waals surface area contributed by atoms with Crippen molar-refractivity contribution >= 4 is 50.2 Å². The highest BCUT2D eigenvalue weighted by atomic mass is 35.5. The van der Waals surface area contributed by atoms with E-state index in [9.17, 15) is 17.6 Å². The molecule has 1 N–H and O–H groups in total. The molecule has 2 aromatic carbocycles. The number of hydrogen-bond donors (Lipinski definition) is 1. The number of anilines is 2. The van der Waals surface area contributed by atoms with Crippen LogP contribution in [-0.2, 0) is 10.0 Å². The van der Waals surface area contributed by atoms with Gasteiger partial charge in [0, 0.05) is 17.8 Å². The van der Waals surface area contributed by atoms with Gasteiger partial charge in [-0.1, -0.05) is 17.7 Å². The van der Waals surface area contributed by atoms with Crippen LogP contribution in [0.3, 0.4) is 0 Å². The maximum absolute atomic E-state index is 13.7. The largest absolute Gasteiger partial charge is 0.321 e. The number of carbonyl (C=O) groups excluding carboxylic acids is 1. The molecule has 9 heteroatoms. The molecule has 1 amide bonds. The molecule has 146 valence electrons. The van der Waals surface area contributed by atoms with E-state index in [0.717, 1.165) is 15.6 Å². The molecule has 0 saturated heterocycles. The summed E-state index contributed by atoms with van der Waals surface area (Å²) in [6.45, 7) is 1.62. The molecule has 1 aromatic heterocycles. The average Bonchev–Trinajstić information content (AvgIpc) is 3.14. The maximum Gasteiger partial charge on any atom is 0.267 e. The predicted molar refractivity (Wildman–Crippen MR) is 110 cm³/mol. The lowest BCUT2D eigenvalue weighted by atomic mass is 10.2. The Morgan fingerprint density at radius 2 is 1.82 bits per heavy atom. The number of carbonyl (C=O) groups is 1. The minimum absolute atomic E-state index is 0.0533. The van der Waals surface area contributed by atoms with Gasteiger partial charge in [0.2, 0.25) is 0 Å². The second-order valence-corrected chi connectivity index (χ2v) is 9.30. The number of rotatable bonds is 5. The lowest BCUT2D eigenvalue weighted by Crippen LogP contribution is -2.28. The zero-order valence-corrected chi connectivity index (χ0v) is 17.3. The van der Waals surface area contributed by atoms with Crippen LogP contribution in [0.25, 0.3) is 0 Å². The monoisotopic (exact) mass is 438 g/mol. The SMILES string of the molecule is Cc1ccc(NC(=O)c2sccc2N(C)S(=O)(=O)c2ccc(Cl)cc2)cc1F. The zero-order chi connectivity index (χ0) is 20.5. The van der Waals surface area contributed by atoms with Gasteiger partial charge in [0.1, 0.15) is 10.7 Å². The first-order valence-corrected chi connectivity index (χ1v) is 10.8. The van der Waals surface area contributed by atoms with E-state index in [1.54, 1.807) is 30.5 Å². The van der Waals surface area contributed by atoms with E-state index in [-0.39, 0.29) is 21.1 Å². The van der Waals surface area contributed by atoms with Gasteiger partial charge >= 0.3 is 0 Å². The van der Waals surface area contributed by atoms with Crippen molar-refractivity contribution in [1.29, 1.82) is 0 Å². The minimum Gasteiger partial charge on any atom is -0.321 e. The van der Waals surface area contributed by atoms with E-state index in [1.165, 1.54) is 37.4 Å². The molecule has 1 heterocycles. The molecule has 0 aliphatic carbocycles.